The number of urea groups is 1. The Labute approximate surface area is 224 Å². The van der Waals surface area contributed by atoms with E-state index in [9.17, 15) is 18.8 Å². The fourth-order valence-electron chi connectivity index (χ4n) is 5.08. The highest BCUT2D eigenvalue weighted by Crippen LogP contribution is 2.34. The first-order chi connectivity index (χ1) is 18.5. The molecule has 0 saturated heterocycles. The third kappa shape index (κ3) is 5.38. The Bertz CT molecular complexity index is 1600. The zero-order valence-electron chi connectivity index (χ0n) is 22.2. The highest BCUT2D eigenvalue weighted by Gasteiger charge is 2.29. The molecule has 1 aliphatic rings. The topological polar surface area (TPSA) is 118 Å². The zero-order chi connectivity index (χ0) is 27.9. The van der Waals surface area contributed by atoms with Gasteiger partial charge in [0.2, 0.25) is 0 Å². The Morgan fingerprint density at radius 2 is 1.87 bits per heavy atom. The second kappa shape index (κ2) is 9.97. The van der Waals surface area contributed by atoms with E-state index in [1.807, 2.05) is 49.6 Å². The van der Waals surface area contributed by atoms with Gasteiger partial charge in [-0.2, -0.15) is 0 Å². The smallest absolute Gasteiger partial charge is 0.407 e. The Balaban J connectivity index is 1.32. The molecule has 0 bridgehead atoms. The average molecular weight is 535 g/mol. The fourth-order valence-corrected chi connectivity index (χ4v) is 5.08. The molecule has 10 nitrogen and oxygen atoms in total. The first-order valence-corrected chi connectivity index (χ1v) is 12.7. The van der Waals surface area contributed by atoms with Gasteiger partial charge in [-0.05, 0) is 75.9 Å². The SMILES string of the molecule is Cn1cc(C(=O)NNC(=O)Nc2c3c(n4ccccc24)CCC(NC(=O)OC(C)(C)C)C3)c2cc(F)ccc21. The third-order valence-corrected chi connectivity index (χ3v) is 6.68. The molecule has 0 saturated carbocycles. The van der Waals surface area contributed by atoms with Crippen LogP contribution in [0.1, 0.15) is 48.8 Å². The molecule has 4 amide bonds. The maximum absolute atomic E-state index is 13.8. The molecule has 1 unspecified atom stereocenters. The van der Waals surface area contributed by atoms with Crippen LogP contribution in [0.3, 0.4) is 0 Å². The Morgan fingerprint density at radius 1 is 1.08 bits per heavy atom. The van der Waals surface area contributed by atoms with Gasteiger partial charge >= 0.3 is 12.1 Å². The largest absolute Gasteiger partial charge is 0.444 e. The van der Waals surface area contributed by atoms with Gasteiger partial charge in [-0.25, -0.2) is 19.4 Å². The molecule has 1 atom stereocenters. The van der Waals surface area contributed by atoms with Crippen LogP contribution < -0.4 is 21.5 Å². The van der Waals surface area contributed by atoms with E-state index in [2.05, 4.69) is 21.5 Å². The number of aryl methyl sites for hydroxylation is 2. The summed E-state index contributed by atoms with van der Waals surface area (Å²) in [4.78, 5) is 38.1. The number of benzene rings is 1. The minimum absolute atomic E-state index is 0.167. The predicted octanol–water partition coefficient (Wildman–Crippen LogP) is 4.42. The normalized spacial score (nSPS) is 15.1. The number of alkyl carbamates (subject to hydrolysis) is 1. The molecule has 0 radical (unpaired) electrons. The van der Waals surface area contributed by atoms with Crippen molar-refractivity contribution in [1.29, 1.82) is 0 Å². The number of nitrogens with zero attached hydrogens (tertiary/aromatic N) is 2. The number of nitrogens with one attached hydrogen (secondary N) is 4. The molecular formula is C28H31FN6O4. The van der Waals surface area contributed by atoms with E-state index >= 15 is 0 Å². The van der Waals surface area contributed by atoms with E-state index in [-0.39, 0.29) is 11.6 Å². The lowest BCUT2D eigenvalue weighted by atomic mass is 9.92. The Morgan fingerprint density at radius 3 is 2.64 bits per heavy atom. The van der Waals surface area contributed by atoms with Gasteiger partial charge in [-0.15, -0.1) is 0 Å². The van der Waals surface area contributed by atoms with Gasteiger partial charge in [0.25, 0.3) is 5.91 Å². The number of pyridine rings is 1. The number of hydrazine groups is 1. The van der Waals surface area contributed by atoms with Crippen molar-refractivity contribution in [3.63, 3.8) is 0 Å². The number of carbonyl (C=O) groups is 3. The average Bonchev–Trinajstić information content (AvgIpc) is 3.35. The summed E-state index contributed by atoms with van der Waals surface area (Å²) in [5.41, 5.74) is 8.46. The van der Waals surface area contributed by atoms with E-state index in [1.54, 1.807) is 23.9 Å². The van der Waals surface area contributed by atoms with Crippen LogP contribution in [-0.4, -0.2) is 38.6 Å². The van der Waals surface area contributed by atoms with Crippen LogP contribution in [0.2, 0.25) is 0 Å². The van der Waals surface area contributed by atoms with Crippen molar-refractivity contribution < 1.29 is 23.5 Å². The zero-order valence-corrected chi connectivity index (χ0v) is 22.2. The number of ether oxygens (including phenoxy) is 1. The molecule has 1 aromatic carbocycles. The first kappa shape index (κ1) is 26.1. The lowest BCUT2D eigenvalue weighted by molar-refractivity contribution is 0.0500. The first-order valence-electron chi connectivity index (χ1n) is 12.7. The van der Waals surface area contributed by atoms with Crippen molar-refractivity contribution in [2.75, 3.05) is 5.32 Å². The molecule has 39 heavy (non-hydrogen) atoms. The van der Waals surface area contributed by atoms with Gasteiger partial charge in [0.05, 0.1) is 16.8 Å². The van der Waals surface area contributed by atoms with E-state index in [1.165, 1.54) is 12.1 Å². The van der Waals surface area contributed by atoms with Gasteiger partial charge in [0.15, 0.2) is 0 Å². The number of halogens is 1. The second-order valence-electron chi connectivity index (χ2n) is 10.7. The van der Waals surface area contributed by atoms with Gasteiger partial charge in [0, 0.05) is 42.1 Å². The monoisotopic (exact) mass is 534 g/mol. The molecule has 0 aliphatic heterocycles. The summed E-state index contributed by atoms with van der Waals surface area (Å²) in [5, 5.41) is 6.24. The lowest BCUT2D eigenvalue weighted by Gasteiger charge is -2.26. The number of aromatic nitrogens is 2. The summed E-state index contributed by atoms with van der Waals surface area (Å²) < 4.78 is 22.9. The van der Waals surface area contributed by atoms with E-state index in [0.29, 0.717) is 29.4 Å². The van der Waals surface area contributed by atoms with Crippen LogP contribution in [0.4, 0.5) is 19.7 Å². The third-order valence-electron chi connectivity index (χ3n) is 6.68. The van der Waals surface area contributed by atoms with Gasteiger partial charge < -0.3 is 24.3 Å². The van der Waals surface area contributed by atoms with Gasteiger partial charge in [0.1, 0.15) is 11.4 Å². The number of fused-ring (bicyclic) bond motifs is 4. The summed E-state index contributed by atoms with van der Waals surface area (Å²) in [7, 11) is 1.75. The quantitative estimate of drug-likeness (QED) is 0.291. The maximum Gasteiger partial charge on any atom is 0.407 e. The molecule has 3 aromatic heterocycles. The summed E-state index contributed by atoms with van der Waals surface area (Å²) in [5.74, 6) is -1.04. The highest BCUT2D eigenvalue weighted by molar-refractivity contribution is 6.08. The van der Waals surface area contributed by atoms with E-state index in [0.717, 1.165) is 23.2 Å². The number of hydrogen-bond donors (Lipinski definition) is 4. The van der Waals surface area contributed by atoms with Crippen LogP contribution >= 0.6 is 0 Å². The van der Waals surface area contributed by atoms with Crippen molar-refractivity contribution in [2.45, 2.75) is 51.7 Å². The number of anilines is 1. The minimum Gasteiger partial charge on any atom is -0.444 e. The highest BCUT2D eigenvalue weighted by atomic mass is 19.1. The van der Waals surface area contributed by atoms with E-state index < -0.39 is 29.4 Å². The second-order valence-corrected chi connectivity index (χ2v) is 10.7. The summed E-state index contributed by atoms with van der Waals surface area (Å²) in [6, 6.07) is 9.08. The molecule has 4 N–H and O–H groups in total. The van der Waals surface area contributed by atoms with Crippen LogP contribution in [0.5, 0.6) is 0 Å². The van der Waals surface area contributed by atoms with Crippen molar-refractivity contribution in [3.05, 3.63) is 71.4 Å². The lowest BCUT2D eigenvalue weighted by Crippen LogP contribution is -2.44. The van der Waals surface area contributed by atoms with Crippen molar-refractivity contribution in [2.24, 2.45) is 7.05 Å². The molecule has 0 fully saturated rings. The molecule has 1 aliphatic carbocycles. The van der Waals surface area contributed by atoms with Crippen LogP contribution in [0.25, 0.3) is 16.4 Å². The molecule has 5 rings (SSSR count). The number of amides is 4. The Hall–Kier alpha value is -4.54. The number of hydrogen-bond acceptors (Lipinski definition) is 4. The summed E-state index contributed by atoms with van der Waals surface area (Å²) in [6.07, 6.45) is 4.94. The fraction of sp³-hybridized carbons (Fsp3) is 0.321. The molecule has 4 aromatic rings. The van der Waals surface area contributed by atoms with Crippen LogP contribution in [-0.2, 0) is 24.6 Å². The summed E-state index contributed by atoms with van der Waals surface area (Å²) >= 11 is 0. The van der Waals surface area contributed by atoms with Gasteiger partial charge in [-0.1, -0.05) is 6.07 Å². The van der Waals surface area contributed by atoms with Crippen molar-refractivity contribution >= 4 is 40.1 Å². The molecule has 204 valence electrons. The van der Waals surface area contributed by atoms with Crippen LogP contribution in [0.15, 0.2) is 48.8 Å². The molecule has 3 heterocycles. The van der Waals surface area contributed by atoms with E-state index in [4.69, 9.17) is 4.74 Å². The minimum atomic E-state index is -0.642. The molecule has 11 heteroatoms. The molecular weight excluding hydrogens is 503 g/mol. The van der Waals surface area contributed by atoms with Crippen LogP contribution in [0, 0.1) is 5.82 Å². The number of carbonyl (C=O) groups excluding carboxylic acids is 3. The maximum atomic E-state index is 13.8. The van der Waals surface area contributed by atoms with Crippen molar-refractivity contribution in [3.8, 4) is 0 Å². The summed E-state index contributed by atoms with van der Waals surface area (Å²) in [6.45, 7) is 5.43. The molecule has 0 spiro atoms. The Kier molecular flexibility index (Phi) is 6.67. The van der Waals surface area contributed by atoms with Gasteiger partial charge in [-0.3, -0.25) is 10.2 Å². The standard InChI is InChI=1S/C28H31FN6O4/c1-28(2,3)39-27(38)30-17-9-11-22-19(14-17)24(23-7-5-6-12-35(22)23)31-26(37)33-32-25(36)20-15-34(4)21-10-8-16(29)13-18(20)21/h5-8,10,12-13,15,17H,9,11,14H2,1-4H3,(H,30,38)(H,32,36)(H2,31,33,37). The number of rotatable bonds is 3. The predicted molar refractivity (Wildman–Crippen MR) is 145 cm³/mol. The van der Waals surface area contributed by atoms with Crippen molar-refractivity contribution in [1.82, 2.24) is 25.1 Å².